The van der Waals surface area contributed by atoms with Crippen molar-refractivity contribution in [2.24, 2.45) is 11.8 Å². The molecule has 14 heteroatoms. The summed E-state index contributed by atoms with van der Waals surface area (Å²) >= 11 is 5.95. The van der Waals surface area contributed by atoms with Crippen LogP contribution in [-0.4, -0.2) is 77.6 Å². The normalized spacial score (nSPS) is 19.9. The van der Waals surface area contributed by atoms with Gasteiger partial charge in [0.15, 0.2) is 11.5 Å². The van der Waals surface area contributed by atoms with Crippen LogP contribution in [0.2, 0.25) is 5.02 Å². The first kappa shape index (κ1) is 38.0. The number of methoxy groups -OCH3 is 1. The number of esters is 2. The Morgan fingerprint density at radius 3 is 2.67 bits per heavy atom. The van der Waals surface area contributed by atoms with Gasteiger partial charge in [-0.05, 0) is 67.2 Å². The third kappa shape index (κ3) is 13.4. The predicted octanol–water partition coefficient (Wildman–Crippen LogP) is 4.49. The SMILES string of the molecule is COc1cc(/C=C/C(=O)OCCO[N+](=O)[O-])ccc1OC(=O)CCC/C=C\C[C@@H]1[C@@H](/C=C/[C@@H](O)COc2cccc(Cl)c2)[C@H](O)C[C@@H]1O. The summed E-state index contributed by atoms with van der Waals surface area (Å²) in [6.07, 6.45) is 9.39. The van der Waals surface area contributed by atoms with Gasteiger partial charge < -0.3 is 39.1 Å². The van der Waals surface area contributed by atoms with Crippen molar-refractivity contribution in [3.05, 3.63) is 93.5 Å². The first-order valence-electron chi connectivity index (χ1n) is 15.3. The maximum atomic E-state index is 12.4. The van der Waals surface area contributed by atoms with Crippen LogP contribution in [0.25, 0.3) is 6.08 Å². The van der Waals surface area contributed by atoms with Crippen molar-refractivity contribution in [2.75, 3.05) is 26.9 Å². The van der Waals surface area contributed by atoms with Crippen LogP contribution >= 0.6 is 11.6 Å². The summed E-state index contributed by atoms with van der Waals surface area (Å²) in [6, 6.07) is 11.6. The van der Waals surface area contributed by atoms with Crippen LogP contribution in [0.15, 0.2) is 72.8 Å². The molecule has 0 aliphatic heterocycles. The lowest BCUT2D eigenvalue weighted by Gasteiger charge is -2.19. The van der Waals surface area contributed by atoms with Crippen LogP contribution < -0.4 is 14.2 Å². The summed E-state index contributed by atoms with van der Waals surface area (Å²) < 4.78 is 21.1. The van der Waals surface area contributed by atoms with Gasteiger partial charge in [0, 0.05) is 29.9 Å². The zero-order chi connectivity index (χ0) is 34.9. The molecule has 1 saturated carbocycles. The number of aliphatic hydroxyl groups is 3. The van der Waals surface area contributed by atoms with E-state index in [1.54, 1.807) is 48.6 Å². The van der Waals surface area contributed by atoms with Gasteiger partial charge in [-0.15, -0.1) is 10.1 Å². The van der Waals surface area contributed by atoms with Crippen molar-refractivity contribution in [3.8, 4) is 17.2 Å². The van der Waals surface area contributed by atoms with E-state index >= 15 is 0 Å². The summed E-state index contributed by atoms with van der Waals surface area (Å²) in [5.74, 6) is -0.719. The van der Waals surface area contributed by atoms with Crippen LogP contribution in [0, 0.1) is 22.0 Å². The van der Waals surface area contributed by atoms with Crippen LogP contribution in [0.4, 0.5) is 0 Å². The Morgan fingerprint density at radius 1 is 1.10 bits per heavy atom. The van der Waals surface area contributed by atoms with Crippen molar-refractivity contribution < 1.29 is 53.8 Å². The largest absolute Gasteiger partial charge is 0.493 e. The monoisotopic (exact) mass is 689 g/mol. The number of unbranched alkanes of at least 4 members (excludes halogenated alkanes) is 1. The van der Waals surface area contributed by atoms with Crippen LogP contribution in [-0.2, 0) is 19.2 Å². The first-order chi connectivity index (χ1) is 23.0. The standard InChI is InChI=1S/C34H40ClNO12/c1-44-32-19-23(12-16-33(40)45-17-18-47-36(42)43)11-15-31(32)48-34(41)10-5-3-2-4-9-27-28(30(39)21-29(27)38)14-13-25(37)22-46-26-8-6-7-24(35)20-26/h2,4,6-8,11-16,19-20,25,27-30,37-39H,3,5,9-10,17-18,21-22H2,1H3/b4-2-,14-13+,16-12+/t25-,27-,28-,29+,30-/m1/s1. The van der Waals surface area contributed by atoms with Crippen molar-refractivity contribution in [2.45, 2.75) is 50.4 Å². The van der Waals surface area contributed by atoms with Crippen molar-refractivity contribution in [1.29, 1.82) is 0 Å². The number of benzene rings is 2. The fraction of sp³-hybridized carbons (Fsp3) is 0.412. The molecule has 1 aliphatic carbocycles. The molecule has 2 aromatic carbocycles. The highest BCUT2D eigenvalue weighted by Crippen LogP contribution is 2.36. The third-order valence-corrected chi connectivity index (χ3v) is 7.60. The second-order valence-corrected chi connectivity index (χ2v) is 11.3. The fourth-order valence-electron chi connectivity index (χ4n) is 5.00. The van der Waals surface area contributed by atoms with E-state index in [2.05, 4.69) is 4.84 Å². The van der Waals surface area contributed by atoms with E-state index in [4.69, 9.17) is 30.5 Å². The molecule has 0 aromatic heterocycles. The second kappa shape index (κ2) is 20.1. The van der Waals surface area contributed by atoms with Gasteiger partial charge >= 0.3 is 11.9 Å². The quantitative estimate of drug-likeness (QED) is 0.0358. The molecule has 0 radical (unpaired) electrons. The topological polar surface area (TPSA) is 184 Å². The number of carbonyl (C=O) groups is 2. The highest BCUT2D eigenvalue weighted by atomic mass is 35.5. The summed E-state index contributed by atoms with van der Waals surface area (Å²) in [6.45, 7) is -0.640. The predicted molar refractivity (Wildman–Crippen MR) is 175 cm³/mol. The van der Waals surface area contributed by atoms with Crippen molar-refractivity contribution >= 4 is 29.6 Å². The number of allylic oxidation sites excluding steroid dienone is 2. The van der Waals surface area contributed by atoms with Gasteiger partial charge in [0.25, 0.3) is 5.09 Å². The lowest BCUT2D eigenvalue weighted by Crippen LogP contribution is -2.21. The Labute approximate surface area is 283 Å². The van der Waals surface area contributed by atoms with Gasteiger partial charge in [0.05, 0.1) is 19.3 Å². The summed E-state index contributed by atoms with van der Waals surface area (Å²) in [4.78, 5) is 38.4. The van der Waals surface area contributed by atoms with Gasteiger partial charge in [0.2, 0.25) is 0 Å². The average molecular weight is 690 g/mol. The molecule has 0 bridgehead atoms. The number of aliphatic hydroxyl groups excluding tert-OH is 3. The van der Waals surface area contributed by atoms with Crippen molar-refractivity contribution in [1.82, 2.24) is 0 Å². The van der Waals surface area contributed by atoms with E-state index < -0.39 is 35.3 Å². The van der Waals surface area contributed by atoms with E-state index in [1.165, 1.54) is 19.3 Å². The van der Waals surface area contributed by atoms with E-state index in [0.29, 0.717) is 35.6 Å². The van der Waals surface area contributed by atoms with Gasteiger partial charge in [-0.3, -0.25) is 4.79 Å². The molecular weight excluding hydrogens is 650 g/mol. The Balaban J connectivity index is 1.40. The molecule has 13 nitrogen and oxygen atoms in total. The molecule has 1 aliphatic rings. The molecule has 0 unspecified atom stereocenters. The highest BCUT2D eigenvalue weighted by molar-refractivity contribution is 6.30. The molecule has 0 spiro atoms. The molecule has 3 N–H and O–H groups in total. The number of rotatable bonds is 19. The molecule has 2 aromatic rings. The average Bonchev–Trinajstić information content (AvgIpc) is 3.32. The van der Waals surface area contributed by atoms with Gasteiger partial charge in [0.1, 0.15) is 31.7 Å². The van der Waals surface area contributed by atoms with Crippen molar-refractivity contribution in [3.63, 3.8) is 0 Å². The Hall–Kier alpha value is -4.43. The number of ether oxygens (including phenoxy) is 4. The van der Waals surface area contributed by atoms with Crippen LogP contribution in [0.3, 0.4) is 0 Å². The molecule has 0 saturated heterocycles. The number of hydrogen-bond donors (Lipinski definition) is 3. The number of hydrogen-bond acceptors (Lipinski definition) is 12. The summed E-state index contributed by atoms with van der Waals surface area (Å²) in [5, 5.41) is 41.0. The lowest BCUT2D eigenvalue weighted by atomic mass is 9.89. The first-order valence-corrected chi connectivity index (χ1v) is 15.7. The minimum atomic E-state index is -0.980. The van der Waals surface area contributed by atoms with E-state index in [-0.39, 0.29) is 56.0 Å². The Bertz CT molecular complexity index is 1440. The van der Waals surface area contributed by atoms with Crippen LogP contribution in [0.1, 0.15) is 37.7 Å². The summed E-state index contributed by atoms with van der Waals surface area (Å²) in [5.41, 5.74) is 0.562. The zero-order valence-corrected chi connectivity index (χ0v) is 27.1. The molecular formula is C34H40ClNO12. The molecule has 3 rings (SSSR count). The smallest absolute Gasteiger partial charge is 0.330 e. The Morgan fingerprint density at radius 2 is 1.92 bits per heavy atom. The summed E-state index contributed by atoms with van der Waals surface area (Å²) in [7, 11) is 1.41. The van der Waals surface area contributed by atoms with E-state index in [1.807, 2.05) is 12.2 Å². The minimum absolute atomic E-state index is 0.0114. The molecule has 5 atom stereocenters. The third-order valence-electron chi connectivity index (χ3n) is 7.36. The second-order valence-electron chi connectivity index (χ2n) is 10.9. The molecule has 0 amide bonds. The Kier molecular flexibility index (Phi) is 15.9. The van der Waals surface area contributed by atoms with Crippen LogP contribution in [0.5, 0.6) is 17.2 Å². The number of halogens is 1. The molecule has 48 heavy (non-hydrogen) atoms. The molecule has 1 fully saturated rings. The number of nitrogens with zero attached hydrogens (tertiary/aromatic N) is 1. The zero-order valence-electron chi connectivity index (χ0n) is 26.4. The van der Waals surface area contributed by atoms with Gasteiger partial charge in [-0.25, -0.2) is 4.79 Å². The fourth-order valence-corrected chi connectivity index (χ4v) is 5.18. The highest BCUT2D eigenvalue weighted by Gasteiger charge is 2.39. The van der Waals surface area contributed by atoms with E-state index in [0.717, 1.165) is 6.08 Å². The minimum Gasteiger partial charge on any atom is -0.493 e. The maximum Gasteiger partial charge on any atom is 0.330 e. The molecule has 260 valence electrons. The molecule has 0 heterocycles. The van der Waals surface area contributed by atoms with Gasteiger partial charge in [-0.2, -0.15) is 0 Å². The maximum absolute atomic E-state index is 12.4. The lowest BCUT2D eigenvalue weighted by molar-refractivity contribution is -0.757. The number of carbonyl (C=O) groups excluding carboxylic acids is 2. The van der Waals surface area contributed by atoms with Gasteiger partial charge in [-0.1, -0.05) is 48.0 Å². The van der Waals surface area contributed by atoms with E-state index in [9.17, 15) is 35.0 Å².